The van der Waals surface area contributed by atoms with E-state index in [9.17, 15) is 4.79 Å². The highest BCUT2D eigenvalue weighted by atomic mass is 35.5. The summed E-state index contributed by atoms with van der Waals surface area (Å²) in [5.74, 6) is 0.606. The third-order valence-corrected chi connectivity index (χ3v) is 5.41. The van der Waals surface area contributed by atoms with Crippen molar-refractivity contribution in [3.8, 4) is 5.75 Å². The summed E-state index contributed by atoms with van der Waals surface area (Å²) in [5.41, 5.74) is 3.63. The maximum atomic E-state index is 13.2. The van der Waals surface area contributed by atoms with E-state index in [1.807, 2.05) is 59.6 Å². The molecule has 5 rings (SSSR count). The monoisotopic (exact) mass is 388 g/mol. The average Bonchev–Trinajstić information content (AvgIpc) is 3.20. The fraction of sp³-hybridized carbons (Fsp3) is 0.130. The molecule has 0 radical (unpaired) electrons. The summed E-state index contributed by atoms with van der Waals surface area (Å²) in [6, 6.07) is 24.8. The molecule has 0 N–H and O–H groups in total. The van der Waals surface area contributed by atoms with Crippen LogP contribution in [0.25, 0.3) is 0 Å². The lowest BCUT2D eigenvalue weighted by Gasteiger charge is -2.37. The minimum Gasteiger partial charge on any atom is -0.461 e. The van der Waals surface area contributed by atoms with Gasteiger partial charge in [-0.2, -0.15) is 5.10 Å². The number of rotatable bonds is 3. The molecular formula is C23H17ClN2O2. The molecule has 138 valence electrons. The quantitative estimate of drug-likeness (QED) is 0.587. The van der Waals surface area contributed by atoms with Crippen LogP contribution in [0, 0.1) is 0 Å². The first-order valence-corrected chi connectivity index (χ1v) is 9.55. The van der Waals surface area contributed by atoms with E-state index in [0.29, 0.717) is 10.6 Å². The van der Waals surface area contributed by atoms with E-state index in [4.69, 9.17) is 21.4 Å². The fourth-order valence-electron chi connectivity index (χ4n) is 3.77. The van der Waals surface area contributed by atoms with Crippen LogP contribution in [0.3, 0.4) is 0 Å². The number of Topliss-reactive ketones (excluding diaryl/α,β-unsaturated/α-hetero) is 1. The summed E-state index contributed by atoms with van der Waals surface area (Å²) < 4.78 is 6.11. The highest BCUT2D eigenvalue weighted by Gasteiger charge is 2.43. The van der Waals surface area contributed by atoms with Gasteiger partial charge in [-0.3, -0.25) is 4.79 Å². The second-order valence-corrected chi connectivity index (χ2v) is 7.33. The summed E-state index contributed by atoms with van der Waals surface area (Å²) >= 11 is 5.97. The van der Waals surface area contributed by atoms with Crippen LogP contribution in [-0.4, -0.2) is 22.7 Å². The molecule has 0 saturated carbocycles. The normalized spacial score (nSPS) is 20.0. The first-order chi connectivity index (χ1) is 13.7. The Balaban J connectivity index is 1.56. The van der Waals surface area contributed by atoms with Crippen molar-refractivity contribution >= 4 is 23.1 Å². The van der Waals surface area contributed by atoms with Gasteiger partial charge in [-0.1, -0.05) is 60.1 Å². The first-order valence-electron chi connectivity index (χ1n) is 9.17. The standard InChI is InChI=1S/C23H17ClN2O2/c24-17-12-10-16(11-13-17)22(27)23-26-20(18-8-4-5-9-21(18)28-23)14-19(25-26)15-6-2-1-3-7-15/h1-13,20,23H,14H2/t20-,23+/m1/s1. The zero-order valence-corrected chi connectivity index (χ0v) is 15.7. The summed E-state index contributed by atoms with van der Waals surface area (Å²) in [4.78, 5) is 13.2. The molecule has 0 aromatic heterocycles. The van der Waals surface area contributed by atoms with Crippen LogP contribution in [0.2, 0.25) is 5.02 Å². The number of halogens is 1. The van der Waals surface area contributed by atoms with Gasteiger partial charge in [-0.05, 0) is 35.9 Å². The predicted molar refractivity (Wildman–Crippen MR) is 109 cm³/mol. The molecule has 3 aromatic carbocycles. The second kappa shape index (κ2) is 6.80. The molecule has 2 heterocycles. The number of hydrogen-bond donors (Lipinski definition) is 0. The van der Waals surface area contributed by atoms with E-state index in [0.717, 1.165) is 29.0 Å². The lowest BCUT2D eigenvalue weighted by atomic mass is 9.96. The van der Waals surface area contributed by atoms with Crippen LogP contribution < -0.4 is 4.74 Å². The van der Waals surface area contributed by atoms with Gasteiger partial charge in [0.05, 0.1) is 11.8 Å². The second-order valence-electron chi connectivity index (χ2n) is 6.89. The van der Waals surface area contributed by atoms with E-state index in [1.54, 1.807) is 24.3 Å². The molecule has 3 aromatic rings. The van der Waals surface area contributed by atoms with E-state index in [2.05, 4.69) is 0 Å². The topological polar surface area (TPSA) is 41.9 Å². The Hall–Kier alpha value is -3.11. The third-order valence-electron chi connectivity index (χ3n) is 5.16. The van der Waals surface area contributed by atoms with Crippen molar-refractivity contribution in [3.63, 3.8) is 0 Å². The number of carbonyl (C=O) groups is 1. The maximum Gasteiger partial charge on any atom is 0.251 e. The van der Waals surface area contributed by atoms with Gasteiger partial charge in [-0.25, -0.2) is 5.01 Å². The van der Waals surface area contributed by atoms with Gasteiger partial charge < -0.3 is 4.74 Å². The number of nitrogens with zero attached hydrogens (tertiary/aromatic N) is 2. The van der Waals surface area contributed by atoms with Crippen molar-refractivity contribution in [3.05, 3.63) is 101 Å². The number of hydrogen-bond acceptors (Lipinski definition) is 4. The lowest BCUT2D eigenvalue weighted by Crippen LogP contribution is -2.45. The Kier molecular flexibility index (Phi) is 4.14. The first kappa shape index (κ1) is 17.0. The lowest BCUT2D eigenvalue weighted by molar-refractivity contribution is -0.00455. The van der Waals surface area contributed by atoms with Gasteiger partial charge in [0.25, 0.3) is 6.23 Å². The molecule has 0 aliphatic carbocycles. The van der Waals surface area contributed by atoms with Gasteiger partial charge in [0, 0.05) is 22.6 Å². The summed E-state index contributed by atoms with van der Waals surface area (Å²) in [6.07, 6.45) is -0.0725. The Morgan fingerprint density at radius 2 is 1.68 bits per heavy atom. The highest BCUT2D eigenvalue weighted by molar-refractivity contribution is 6.30. The van der Waals surface area contributed by atoms with Crippen molar-refractivity contribution in [2.45, 2.75) is 18.7 Å². The molecule has 0 bridgehead atoms. The van der Waals surface area contributed by atoms with E-state index >= 15 is 0 Å². The maximum absolute atomic E-state index is 13.2. The Morgan fingerprint density at radius 1 is 0.964 bits per heavy atom. The number of ether oxygens (including phenoxy) is 1. The molecule has 0 fully saturated rings. The van der Waals surface area contributed by atoms with E-state index in [1.165, 1.54) is 0 Å². The molecule has 28 heavy (non-hydrogen) atoms. The van der Waals surface area contributed by atoms with Crippen LogP contribution in [0.15, 0.2) is 84.0 Å². The van der Waals surface area contributed by atoms with Crippen LogP contribution in [0.1, 0.15) is 33.9 Å². The molecule has 0 amide bonds. The molecule has 0 spiro atoms. The Labute approximate surface area is 168 Å². The fourth-order valence-corrected chi connectivity index (χ4v) is 3.89. The van der Waals surface area contributed by atoms with E-state index < -0.39 is 6.23 Å². The van der Waals surface area contributed by atoms with Crippen molar-refractivity contribution < 1.29 is 9.53 Å². The van der Waals surface area contributed by atoms with Crippen LogP contribution >= 0.6 is 11.6 Å². The van der Waals surface area contributed by atoms with Crippen LogP contribution in [-0.2, 0) is 0 Å². The zero-order valence-electron chi connectivity index (χ0n) is 15.0. The molecule has 0 unspecified atom stereocenters. The molecule has 2 aliphatic heterocycles. The predicted octanol–water partition coefficient (Wildman–Crippen LogP) is 5.09. The number of ketones is 1. The van der Waals surface area contributed by atoms with Crippen molar-refractivity contribution in [1.82, 2.24) is 5.01 Å². The zero-order chi connectivity index (χ0) is 19.1. The van der Waals surface area contributed by atoms with Crippen molar-refractivity contribution in [1.29, 1.82) is 0 Å². The van der Waals surface area contributed by atoms with Gasteiger partial charge in [0.2, 0.25) is 5.78 Å². The summed E-state index contributed by atoms with van der Waals surface area (Å²) in [7, 11) is 0. The van der Waals surface area contributed by atoms with Crippen molar-refractivity contribution in [2.75, 3.05) is 0 Å². The number of carbonyl (C=O) groups excluding carboxylic acids is 1. The highest BCUT2D eigenvalue weighted by Crippen LogP contribution is 2.43. The number of fused-ring (bicyclic) bond motifs is 3. The van der Waals surface area contributed by atoms with Gasteiger partial charge in [-0.15, -0.1) is 0 Å². The van der Waals surface area contributed by atoms with Crippen LogP contribution in [0.4, 0.5) is 0 Å². The molecule has 4 nitrogen and oxygen atoms in total. The molecule has 0 saturated heterocycles. The molecule has 2 atom stereocenters. The van der Waals surface area contributed by atoms with Gasteiger partial charge in [0.1, 0.15) is 5.75 Å². The summed E-state index contributed by atoms with van der Waals surface area (Å²) in [6.45, 7) is 0. The third kappa shape index (κ3) is 2.86. The number of benzene rings is 3. The number of para-hydroxylation sites is 1. The molecular weight excluding hydrogens is 372 g/mol. The van der Waals surface area contributed by atoms with E-state index in [-0.39, 0.29) is 11.8 Å². The largest absolute Gasteiger partial charge is 0.461 e. The Bertz CT molecular complexity index is 1060. The minimum absolute atomic E-state index is 0.0265. The molecule has 5 heteroatoms. The molecule has 2 aliphatic rings. The SMILES string of the molecule is O=C(c1ccc(Cl)cc1)[C@@H]1Oc2ccccc2[C@H]2CC(c3ccccc3)=NN21. The number of hydrazone groups is 1. The van der Waals surface area contributed by atoms with Gasteiger partial charge in [0.15, 0.2) is 0 Å². The minimum atomic E-state index is -0.803. The Morgan fingerprint density at radius 3 is 2.46 bits per heavy atom. The summed E-state index contributed by atoms with van der Waals surface area (Å²) in [5, 5.41) is 7.20. The van der Waals surface area contributed by atoms with Crippen LogP contribution in [0.5, 0.6) is 5.75 Å². The smallest absolute Gasteiger partial charge is 0.251 e. The van der Waals surface area contributed by atoms with Crippen molar-refractivity contribution in [2.24, 2.45) is 5.10 Å². The average molecular weight is 389 g/mol. The van der Waals surface area contributed by atoms with Gasteiger partial charge >= 0.3 is 0 Å².